The van der Waals surface area contributed by atoms with Gasteiger partial charge in [-0.2, -0.15) is 5.26 Å². The number of rotatable bonds is 7. The van der Waals surface area contributed by atoms with Crippen LogP contribution in [0.5, 0.6) is 5.75 Å². The number of para-hydroxylation sites is 1. The van der Waals surface area contributed by atoms with Crippen LogP contribution in [0.3, 0.4) is 0 Å². The summed E-state index contributed by atoms with van der Waals surface area (Å²) in [6.45, 7) is 6.99. The predicted octanol–water partition coefficient (Wildman–Crippen LogP) is 2.58. The molecule has 2 aromatic carbocycles. The Balaban J connectivity index is 1.41. The number of amides is 1. The van der Waals surface area contributed by atoms with Crippen molar-refractivity contribution in [3.8, 4) is 11.8 Å². The van der Waals surface area contributed by atoms with E-state index in [1.54, 1.807) is 24.3 Å². The topological polar surface area (TPSA) is 68.6 Å². The molecule has 1 amide bonds. The molecule has 146 valence electrons. The van der Waals surface area contributed by atoms with Gasteiger partial charge < -0.3 is 10.1 Å². The average Bonchev–Trinajstić information content (AvgIpc) is 2.74. The van der Waals surface area contributed by atoms with Gasteiger partial charge in [-0.1, -0.05) is 24.3 Å². The van der Waals surface area contributed by atoms with Crippen molar-refractivity contribution in [2.24, 2.45) is 0 Å². The highest BCUT2D eigenvalue weighted by Crippen LogP contribution is 2.13. The monoisotopic (exact) mass is 378 g/mol. The number of hydrogen-bond acceptors (Lipinski definition) is 5. The number of ether oxygens (including phenoxy) is 1. The number of benzene rings is 2. The second kappa shape index (κ2) is 9.88. The first-order valence-corrected chi connectivity index (χ1v) is 9.61. The van der Waals surface area contributed by atoms with E-state index in [4.69, 9.17) is 10.00 Å². The number of nitrogens with one attached hydrogen (secondary N) is 1. The Morgan fingerprint density at radius 2 is 1.89 bits per heavy atom. The Bertz CT molecular complexity index is 811. The lowest BCUT2D eigenvalue weighted by atomic mass is 10.2. The molecule has 1 aliphatic heterocycles. The molecule has 1 aliphatic rings. The van der Waals surface area contributed by atoms with E-state index in [0.29, 0.717) is 17.9 Å². The van der Waals surface area contributed by atoms with E-state index in [1.807, 2.05) is 37.3 Å². The van der Waals surface area contributed by atoms with E-state index in [1.165, 1.54) is 0 Å². The summed E-state index contributed by atoms with van der Waals surface area (Å²) < 4.78 is 5.76. The van der Waals surface area contributed by atoms with Gasteiger partial charge in [-0.3, -0.25) is 14.6 Å². The molecule has 6 nitrogen and oxygen atoms in total. The molecule has 3 rings (SSSR count). The van der Waals surface area contributed by atoms with Crippen molar-refractivity contribution < 1.29 is 9.53 Å². The van der Waals surface area contributed by atoms with Gasteiger partial charge in [-0.05, 0) is 37.3 Å². The summed E-state index contributed by atoms with van der Waals surface area (Å²) in [5.41, 5.74) is 1.20. The van der Waals surface area contributed by atoms with E-state index in [0.717, 1.165) is 38.5 Å². The second-order valence-corrected chi connectivity index (χ2v) is 6.90. The minimum atomic E-state index is -0.214. The van der Waals surface area contributed by atoms with Crippen molar-refractivity contribution in [2.45, 2.75) is 13.0 Å². The highest BCUT2D eigenvalue weighted by Gasteiger charge is 2.25. The van der Waals surface area contributed by atoms with Gasteiger partial charge in [0.2, 0.25) is 5.91 Å². The van der Waals surface area contributed by atoms with Crippen LogP contribution < -0.4 is 10.1 Å². The van der Waals surface area contributed by atoms with Gasteiger partial charge in [0.1, 0.15) is 12.4 Å². The lowest BCUT2D eigenvalue weighted by Crippen LogP contribution is -2.53. The second-order valence-electron chi connectivity index (χ2n) is 6.90. The molecule has 0 bridgehead atoms. The smallest absolute Gasteiger partial charge is 0.241 e. The van der Waals surface area contributed by atoms with Gasteiger partial charge in [-0.25, -0.2) is 0 Å². The average molecular weight is 378 g/mol. The Morgan fingerprint density at radius 1 is 1.14 bits per heavy atom. The zero-order chi connectivity index (χ0) is 19.8. The summed E-state index contributed by atoms with van der Waals surface area (Å²) in [5, 5.41) is 11.9. The minimum absolute atomic E-state index is 0.0454. The molecule has 28 heavy (non-hydrogen) atoms. The van der Waals surface area contributed by atoms with Gasteiger partial charge in [0.25, 0.3) is 0 Å². The fourth-order valence-corrected chi connectivity index (χ4v) is 3.26. The molecule has 2 aromatic rings. The lowest BCUT2D eigenvalue weighted by molar-refractivity contribution is -0.121. The molecule has 1 heterocycles. The molecular formula is C22H26N4O2. The van der Waals surface area contributed by atoms with Crippen LogP contribution in [0.2, 0.25) is 0 Å². The maximum atomic E-state index is 12.6. The summed E-state index contributed by atoms with van der Waals surface area (Å²) >= 11 is 0. The van der Waals surface area contributed by atoms with Crippen LogP contribution in [-0.4, -0.2) is 61.1 Å². The number of piperazine rings is 1. The number of nitrogens with zero attached hydrogens (tertiary/aromatic N) is 3. The number of anilines is 1. The van der Waals surface area contributed by atoms with Gasteiger partial charge >= 0.3 is 0 Å². The third-order valence-corrected chi connectivity index (χ3v) is 5.01. The van der Waals surface area contributed by atoms with Crippen LogP contribution in [-0.2, 0) is 4.79 Å². The molecule has 6 heteroatoms. The fraction of sp³-hybridized carbons (Fsp3) is 0.364. The van der Waals surface area contributed by atoms with Gasteiger partial charge in [0, 0.05) is 38.4 Å². The van der Waals surface area contributed by atoms with Crippen molar-refractivity contribution in [3.63, 3.8) is 0 Å². The molecule has 0 radical (unpaired) electrons. The van der Waals surface area contributed by atoms with Crippen molar-refractivity contribution in [1.29, 1.82) is 5.26 Å². The Morgan fingerprint density at radius 3 is 2.61 bits per heavy atom. The van der Waals surface area contributed by atoms with Crippen molar-refractivity contribution in [2.75, 3.05) is 44.6 Å². The maximum absolute atomic E-state index is 12.6. The van der Waals surface area contributed by atoms with Gasteiger partial charge in [0.15, 0.2) is 0 Å². The van der Waals surface area contributed by atoms with E-state index in [2.05, 4.69) is 21.2 Å². The third-order valence-electron chi connectivity index (χ3n) is 5.01. The number of carbonyl (C=O) groups excluding carboxylic acids is 1. The first kappa shape index (κ1) is 19.9. The number of hydrogen-bond donors (Lipinski definition) is 1. The molecule has 1 fully saturated rings. The van der Waals surface area contributed by atoms with Crippen molar-refractivity contribution in [1.82, 2.24) is 9.80 Å². The standard InChI is InChI=1S/C22H26N4O2/c1-18(22(27)24-20-7-5-6-19(16-20)17-23)26-12-10-25(11-13-26)14-15-28-21-8-3-2-4-9-21/h2-9,16,18H,10-15H2,1H3,(H,24,27)/t18-/m1/s1. The van der Waals surface area contributed by atoms with Crippen LogP contribution >= 0.6 is 0 Å². The highest BCUT2D eigenvalue weighted by molar-refractivity contribution is 5.94. The minimum Gasteiger partial charge on any atom is -0.492 e. The molecule has 1 saturated heterocycles. The zero-order valence-corrected chi connectivity index (χ0v) is 16.2. The van der Waals surface area contributed by atoms with Crippen LogP contribution in [0.25, 0.3) is 0 Å². The number of carbonyl (C=O) groups is 1. The molecular weight excluding hydrogens is 352 g/mol. The molecule has 0 saturated carbocycles. The number of nitriles is 1. The summed E-state index contributed by atoms with van der Waals surface area (Å²) in [6.07, 6.45) is 0. The van der Waals surface area contributed by atoms with E-state index in [-0.39, 0.29) is 11.9 Å². The van der Waals surface area contributed by atoms with Crippen LogP contribution in [0.1, 0.15) is 12.5 Å². The molecule has 0 unspecified atom stereocenters. The summed E-state index contributed by atoms with van der Waals surface area (Å²) in [6, 6.07) is 18.7. The summed E-state index contributed by atoms with van der Waals surface area (Å²) in [5.74, 6) is 0.850. The van der Waals surface area contributed by atoms with Gasteiger partial charge in [0.05, 0.1) is 17.7 Å². The summed E-state index contributed by atoms with van der Waals surface area (Å²) in [4.78, 5) is 17.1. The highest BCUT2D eigenvalue weighted by atomic mass is 16.5. The SMILES string of the molecule is C[C@H](C(=O)Nc1cccc(C#N)c1)N1CCN(CCOc2ccccc2)CC1. The van der Waals surface area contributed by atoms with E-state index in [9.17, 15) is 4.79 Å². The van der Waals surface area contributed by atoms with Crippen molar-refractivity contribution in [3.05, 3.63) is 60.2 Å². The lowest BCUT2D eigenvalue weighted by Gasteiger charge is -2.37. The van der Waals surface area contributed by atoms with Crippen LogP contribution in [0, 0.1) is 11.3 Å². The Labute approximate surface area is 166 Å². The van der Waals surface area contributed by atoms with Crippen LogP contribution in [0.15, 0.2) is 54.6 Å². The Kier molecular flexibility index (Phi) is 7.01. The van der Waals surface area contributed by atoms with Gasteiger partial charge in [-0.15, -0.1) is 0 Å². The molecule has 0 aromatic heterocycles. The van der Waals surface area contributed by atoms with Crippen LogP contribution in [0.4, 0.5) is 5.69 Å². The zero-order valence-electron chi connectivity index (χ0n) is 16.2. The first-order valence-electron chi connectivity index (χ1n) is 9.61. The van der Waals surface area contributed by atoms with E-state index >= 15 is 0 Å². The normalized spacial score (nSPS) is 16.1. The third kappa shape index (κ3) is 5.56. The fourth-order valence-electron chi connectivity index (χ4n) is 3.26. The van der Waals surface area contributed by atoms with Crippen molar-refractivity contribution >= 4 is 11.6 Å². The molecule has 1 atom stereocenters. The maximum Gasteiger partial charge on any atom is 0.241 e. The molecule has 0 spiro atoms. The Hall–Kier alpha value is -2.88. The molecule has 0 aliphatic carbocycles. The molecule has 1 N–H and O–H groups in total. The predicted molar refractivity (Wildman–Crippen MR) is 109 cm³/mol. The summed E-state index contributed by atoms with van der Waals surface area (Å²) in [7, 11) is 0. The van der Waals surface area contributed by atoms with E-state index < -0.39 is 0 Å². The quantitative estimate of drug-likeness (QED) is 0.802. The largest absolute Gasteiger partial charge is 0.492 e. The first-order chi connectivity index (χ1) is 13.7.